The number of nitrogens with one attached hydrogen (secondary N) is 1. The van der Waals surface area contributed by atoms with E-state index < -0.39 is 0 Å². The zero-order valence-corrected chi connectivity index (χ0v) is 15.9. The van der Waals surface area contributed by atoms with Crippen LogP contribution in [-0.4, -0.2) is 39.4 Å². The fraction of sp³-hybridized carbons (Fsp3) is 0.286. The third-order valence-corrected chi connectivity index (χ3v) is 4.40. The smallest absolute Gasteiger partial charge is 0.162 e. The van der Waals surface area contributed by atoms with Crippen LogP contribution in [0, 0.1) is 0 Å². The molecule has 0 bridgehead atoms. The minimum absolute atomic E-state index is 0.637. The highest BCUT2D eigenvalue weighted by Crippen LogP contribution is 2.36. The first kappa shape index (κ1) is 18.8. The van der Waals surface area contributed by atoms with Crippen LogP contribution in [0.2, 0.25) is 0 Å². The summed E-state index contributed by atoms with van der Waals surface area (Å²) < 4.78 is 16.1. The Hall–Kier alpha value is -2.99. The van der Waals surface area contributed by atoms with E-state index in [9.17, 15) is 0 Å². The van der Waals surface area contributed by atoms with Crippen molar-refractivity contribution < 1.29 is 14.2 Å². The van der Waals surface area contributed by atoms with Crippen molar-refractivity contribution in [1.29, 1.82) is 0 Å². The molecular formula is C21H25N3O3. The van der Waals surface area contributed by atoms with Crippen LogP contribution in [0.25, 0.3) is 22.2 Å². The van der Waals surface area contributed by atoms with Crippen molar-refractivity contribution in [3.63, 3.8) is 0 Å². The normalized spacial score (nSPS) is 10.7. The lowest BCUT2D eigenvalue weighted by Crippen LogP contribution is -2.09. The minimum atomic E-state index is 0.637. The van der Waals surface area contributed by atoms with E-state index in [1.807, 2.05) is 42.5 Å². The van der Waals surface area contributed by atoms with Crippen LogP contribution >= 0.6 is 0 Å². The summed E-state index contributed by atoms with van der Waals surface area (Å²) >= 11 is 0. The van der Waals surface area contributed by atoms with Crippen molar-refractivity contribution in [2.24, 2.45) is 5.73 Å². The molecule has 0 aliphatic heterocycles. The molecule has 1 aromatic heterocycles. The largest absolute Gasteiger partial charge is 0.497 e. The molecule has 142 valence electrons. The van der Waals surface area contributed by atoms with Gasteiger partial charge in [0.2, 0.25) is 0 Å². The van der Waals surface area contributed by atoms with E-state index in [4.69, 9.17) is 24.9 Å². The van der Waals surface area contributed by atoms with Crippen LogP contribution < -0.4 is 25.3 Å². The van der Waals surface area contributed by atoms with Gasteiger partial charge in [-0.2, -0.15) is 0 Å². The fourth-order valence-electron chi connectivity index (χ4n) is 2.93. The van der Waals surface area contributed by atoms with Crippen LogP contribution in [0.4, 0.5) is 5.69 Å². The van der Waals surface area contributed by atoms with Gasteiger partial charge in [-0.3, -0.25) is 0 Å². The second-order valence-corrected chi connectivity index (χ2v) is 6.08. The van der Waals surface area contributed by atoms with E-state index in [0.29, 0.717) is 18.0 Å². The summed E-state index contributed by atoms with van der Waals surface area (Å²) in [5, 5.41) is 4.44. The fourth-order valence-corrected chi connectivity index (χ4v) is 2.93. The SMILES string of the molecule is COc1ccc(-c2cc(NCCCN)c3cc(OC)c(OC)cc3n2)cc1. The number of aromatic nitrogens is 1. The number of pyridine rings is 1. The van der Waals surface area contributed by atoms with Gasteiger partial charge in [0.1, 0.15) is 5.75 Å². The molecule has 27 heavy (non-hydrogen) atoms. The third kappa shape index (κ3) is 4.06. The third-order valence-electron chi connectivity index (χ3n) is 4.40. The molecule has 0 aliphatic carbocycles. The van der Waals surface area contributed by atoms with Crippen LogP contribution in [0.15, 0.2) is 42.5 Å². The van der Waals surface area contributed by atoms with Gasteiger partial charge in [-0.05, 0) is 49.4 Å². The Labute approximate surface area is 159 Å². The molecule has 0 amide bonds. The lowest BCUT2D eigenvalue weighted by atomic mass is 10.1. The Morgan fingerprint density at radius 2 is 1.63 bits per heavy atom. The molecule has 0 atom stereocenters. The molecule has 0 aliphatic rings. The summed E-state index contributed by atoms with van der Waals surface area (Å²) in [6, 6.07) is 13.7. The summed E-state index contributed by atoms with van der Waals surface area (Å²) in [6.07, 6.45) is 0.884. The molecule has 3 N–H and O–H groups in total. The first-order chi connectivity index (χ1) is 13.2. The van der Waals surface area contributed by atoms with Crippen molar-refractivity contribution in [2.45, 2.75) is 6.42 Å². The number of methoxy groups -OCH3 is 3. The Bertz CT molecular complexity index is 911. The molecule has 0 radical (unpaired) electrons. The number of nitrogens with zero attached hydrogens (tertiary/aromatic N) is 1. The number of hydrogen-bond donors (Lipinski definition) is 2. The quantitative estimate of drug-likeness (QED) is 0.591. The molecule has 0 fully saturated rings. The maximum absolute atomic E-state index is 5.64. The summed E-state index contributed by atoms with van der Waals surface area (Å²) in [7, 11) is 4.91. The van der Waals surface area contributed by atoms with Gasteiger partial charge < -0.3 is 25.3 Å². The van der Waals surface area contributed by atoms with E-state index in [0.717, 1.165) is 46.6 Å². The monoisotopic (exact) mass is 367 g/mol. The number of anilines is 1. The van der Waals surface area contributed by atoms with Gasteiger partial charge >= 0.3 is 0 Å². The molecule has 6 nitrogen and oxygen atoms in total. The van der Waals surface area contributed by atoms with Gasteiger partial charge in [0, 0.05) is 29.2 Å². The summed E-state index contributed by atoms with van der Waals surface area (Å²) in [6.45, 7) is 1.42. The van der Waals surface area contributed by atoms with Crippen molar-refractivity contribution in [3.05, 3.63) is 42.5 Å². The van der Waals surface area contributed by atoms with Crippen LogP contribution in [0.3, 0.4) is 0 Å². The standard InChI is InChI=1S/C21H25N3O3/c1-25-15-7-5-14(6-8-15)17-12-18(23-10-4-9-22)16-11-20(26-2)21(27-3)13-19(16)24-17/h5-8,11-13H,4,9-10,22H2,1-3H3,(H,23,24). The topological polar surface area (TPSA) is 78.6 Å². The van der Waals surface area contributed by atoms with Crippen LogP contribution in [-0.2, 0) is 0 Å². The predicted molar refractivity (Wildman–Crippen MR) is 109 cm³/mol. The Morgan fingerprint density at radius 1 is 0.926 bits per heavy atom. The number of rotatable bonds is 8. The second-order valence-electron chi connectivity index (χ2n) is 6.08. The van der Waals surface area contributed by atoms with E-state index >= 15 is 0 Å². The van der Waals surface area contributed by atoms with E-state index in [1.54, 1.807) is 21.3 Å². The average Bonchev–Trinajstić information content (AvgIpc) is 2.72. The first-order valence-electron chi connectivity index (χ1n) is 8.85. The molecule has 0 spiro atoms. The molecule has 3 aromatic rings. The number of hydrogen-bond acceptors (Lipinski definition) is 6. The second kappa shape index (κ2) is 8.60. The molecular weight excluding hydrogens is 342 g/mol. The molecule has 0 saturated heterocycles. The van der Waals surface area contributed by atoms with Gasteiger partial charge in [-0.15, -0.1) is 0 Å². The van der Waals surface area contributed by atoms with Crippen LogP contribution in [0.5, 0.6) is 17.2 Å². The lowest BCUT2D eigenvalue weighted by molar-refractivity contribution is 0.356. The first-order valence-corrected chi connectivity index (χ1v) is 8.85. The zero-order valence-electron chi connectivity index (χ0n) is 15.9. The van der Waals surface area contributed by atoms with Crippen molar-refractivity contribution in [3.8, 4) is 28.5 Å². The number of fused-ring (bicyclic) bond motifs is 1. The molecule has 6 heteroatoms. The molecule has 2 aromatic carbocycles. The Balaban J connectivity index is 2.13. The van der Waals surface area contributed by atoms with Gasteiger partial charge in [0.05, 0.1) is 32.5 Å². The molecule has 0 saturated carbocycles. The van der Waals surface area contributed by atoms with Gasteiger partial charge in [-0.1, -0.05) is 0 Å². The Kier molecular flexibility index (Phi) is 5.98. The van der Waals surface area contributed by atoms with Gasteiger partial charge in [0.25, 0.3) is 0 Å². The van der Waals surface area contributed by atoms with Crippen molar-refractivity contribution >= 4 is 16.6 Å². The highest BCUT2D eigenvalue weighted by molar-refractivity contribution is 5.96. The van der Waals surface area contributed by atoms with Crippen LogP contribution in [0.1, 0.15) is 6.42 Å². The van der Waals surface area contributed by atoms with E-state index in [1.165, 1.54) is 0 Å². The maximum Gasteiger partial charge on any atom is 0.162 e. The predicted octanol–water partition coefficient (Wildman–Crippen LogP) is 3.69. The number of ether oxygens (including phenoxy) is 3. The lowest BCUT2D eigenvalue weighted by Gasteiger charge is -2.15. The summed E-state index contributed by atoms with van der Waals surface area (Å²) in [4.78, 5) is 4.83. The summed E-state index contributed by atoms with van der Waals surface area (Å²) in [5.41, 5.74) is 9.33. The van der Waals surface area contributed by atoms with Crippen molar-refractivity contribution in [2.75, 3.05) is 39.7 Å². The molecule has 0 unspecified atom stereocenters. The zero-order chi connectivity index (χ0) is 19.2. The number of benzene rings is 2. The Morgan fingerprint density at radius 3 is 2.26 bits per heavy atom. The van der Waals surface area contributed by atoms with E-state index in [2.05, 4.69) is 5.32 Å². The maximum atomic E-state index is 5.64. The van der Waals surface area contributed by atoms with E-state index in [-0.39, 0.29) is 0 Å². The highest BCUT2D eigenvalue weighted by Gasteiger charge is 2.13. The van der Waals surface area contributed by atoms with Crippen molar-refractivity contribution in [1.82, 2.24) is 4.98 Å². The van der Waals surface area contributed by atoms with Gasteiger partial charge in [-0.25, -0.2) is 4.98 Å². The number of nitrogens with two attached hydrogens (primary N) is 1. The summed E-state index contributed by atoms with van der Waals surface area (Å²) in [5.74, 6) is 2.13. The minimum Gasteiger partial charge on any atom is -0.497 e. The van der Waals surface area contributed by atoms with Gasteiger partial charge in [0.15, 0.2) is 11.5 Å². The average molecular weight is 367 g/mol. The molecule has 1 heterocycles. The molecule has 3 rings (SSSR count). The highest BCUT2D eigenvalue weighted by atomic mass is 16.5.